The lowest BCUT2D eigenvalue weighted by atomic mass is 9.94. The second-order valence-electron chi connectivity index (χ2n) is 8.12. The van der Waals surface area contributed by atoms with Crippen LogP contribution in [0, 0.1) is 6.92 Å². The molecule has 7 nitrogen and oxygen atoms in total. The lowest BCUT2D eigenvalue weighted by molar-refractivity contribution is -0.143. The fourth-order valence-electron chi connectivity index (χ4n) is 3.67. The Morgan fingerprint density at radius 3 is 2.45 bits per heavy atom. The monoisotopic (exact) mass is 487 g/mol. The van der Waals surface area contributed by atoms with E-state index in [4.69, 9.17) is 17.0 Å². The van der Waals surface area contributed by atoms with Crippen molar-refractivity contribution in [1.82, 2.24) is 10.2 Å². The molecule has 9 heteroatoms. The molecule has 0 bridgehead atoms. The third-order valence-corrected chi connectivity index (χ3v) is 7.01. The first-order valence-electron chi connectivity index (χ1n) is 10.7. The number of carbonyl (C=O) groups excluding carboxylic acids is 1. The summed E-state index contributed by atoms with van der Waals surface area (Å²) in [5.74, 6) is -0.438. The zero-order chi connectivity index (χ0) is 24.3. The number of carbonyl (C=O) groups is 1. The summed E-state index contributed by atoms with van der Waals surface area (Å²) in [4.78, 5) is 15.0. The van der Waals surface area contributed by atoms with Crippen LogP contribution in [0.2, 0.25) is 0 Å². The maximum Gasteiger partial charge on any atom is 0.338 e. The molecule has 2 aromatic carbocycles. The second kappa shape index (κ2) is 9.93. The largest absolute Gasteiger partial charge is 0.459 e. The topological polar surface area (TPSA) is 87.7 Å². The smallest absolute Gasteiger partial charge is 0.338 e. The number of hydrogen-bond acceptors (Lipinski definition) is 5. The molecule has 0 unspecified atom stereocenters. The van der Waals surface area contributed by atoms with E-state index in [-0.39, 0.29) is 11.0 Å². The fraction of sp³-hybridized carbons (Fsp3) is 0.333. The summed E-state index contributed by atoms with van der Waals surface area (Å²) in [6.07, 6.45) is -0.282. The van der Waals surface area contributed by atoms with E-state index in [1.807, 2.05) is 31.7 Å². The highest BCUT2D eigenvalue weighted by Gasteiger charge is 2.34. The second-order valence-corrected chi connectivity index (χ2v) is 10.2. The highest BCUT2D eigenvalue weighted by molar-refractivity contribution is 7.92. The third-order valence-electron chi connectivity index (χ3n) is 5.28. The molecule has 0 saturated carbocycles. The Bertz CT molecular complexity index is 1190. The minimum Gasteiger partial charge on any atom is -0.459 e. The summed E-state index contributed by atoms with van der Waals surface area (Å²) >= 11 is 5.52. The zero-order valence-electron chi connectivity index (χ0n) is 19.4. The minimum absolute atomic E-state index is 0.172. The summed E-state index contributed by atoms with van der Waals surface area (Å²) in [6, 6.07) is 13.0. The first-order valence-corrected chi connectivity index (χ1v) is 12.6. The highest BCUT2D eigenvalue weighted by Crippen LogP contribution is 2.33. The van der Waals surface area contributed by atoms with Crippen LogP contribution >= 0.6 is 12.2 Å². The van der Waals surface area contributed by atoms with E-state index in [9.17, 15) is 13.2 Å². The molecule has 33 heavy (non-hydrogen) atoms. The molecule has 1 atom stereocenters. The van der Waals surface area contributed by atoms with Gasteiger partial charge in [-0.3, -0.25) is 4.72 Å². The number of esters is 1. The van der Waals surface area contributed by atoms with Gasteiger partial charge in [-0.15, -0.1) is 0 Å². The van der Waals surface area contributed by atoms with Gasteiger partial charge in [0.1, 0.15) is 0 Å². The Hall–Kier alpha value is -2.91. The van der Waals surface area contributed by atoms with Gasteiger partial charge in [0.25, 0.3) is 10.0 Å². The van der Waals surface area contributed by atoms with E-state index in [2.05, 4.69) is 10.0 Å². The van der Waals surface area contributed by atoms with Crippen molar-refractivity contribution >= 4 is 39.0 Å². The van der Waals surface area contributed by atoms with Gasteiger partial charge in [-0.2, -0.15) is 0 Å². The normalized spacial score (nSPS) is 16.6. The van der Waals surface area contributed by atoms with E-state index < -0.39 is 22.0 Å². The van der Waals surface area contributed by atoms with Crippen LogP contribution in [0.5, 0.6) is 0 Å². The van der Waals surface area contributed by atoms with Gasteiger partial charge < -0.3 is 15.0 Å². The number of nitrogens with one attached hydrogen (secondary N) is 2. The van der Waals surface area contributed by atoms with Crippen molar-refractivity contribution in [3.8, 4) is 0 Å². The van der Waals surface area contributed by atoms with Crippen molar-refractivity contribution in [1.29, 1.82) is 0 Å². The Balaban J connectivity index is 1.98. The number of ether oxygens (including phenoxy) is 1. The molecule has 176 valence electrons. The van der Waals surface area contributed by atoms with Crippen LogP contribution in [0.1, 0.15) is 44.9 Å². The lowest BCUT2D eigenvalue weighted by Gasteiger charge is -2.37. The van der Waals surface area contributed by atoms with Gasteiger partial charge in [-0.25, -0.2) is 13.2 Å². The van der Waals surface area contributed by atoms with Crippen LogP contribution < -0.4 is 10.0 Å². The minimum atomic E-state index is -3.77. The average molecular weight is 488 g/mol. The van der Waals surface area contributed by atoms with Crippen LogP contribution in [0.15, 0.2) is 64.7 Å². The first-order chi connectivity index (χ1) is 15.5. The molecule has 3 rings (SSSR count). The van der Waals surface area contributed by atoms with E-state index >= 15 is 0 Å². The Labute approximate surface area is 200 Å². The standard InChI is InChI=1S/C24H29N3O4S2/c1-6-27-17(5)21(23(28)31-15(2)3)22(25-24(27)32)18-8-7-9-19(14-18)26-33(29,30)20-12-10-16(4)11-13-20/h7-15,22,26H,6H2,1-5H3,(H,25,32)/t22-/m1/s1. The number of hydrogen-bond donors (Lipinski definition) is 2. The van der Waals surface area contributed by atoms with Crippen LogP contribution in [-0.2, 0) is 19.6 Å². The van der Waals surface area contributed by atoms with Gasteiger partial charge >= 0.3 is 5.97 Å². The number of nitrogens with zero attached hydrogens (tertiary/aromatic N) is 1. The number of benzene rings is 2. The SMILES string of the molecule is CCN1C(=S)N[C@H](c2cccc(NS(=O)(=O)c3ccc(C)cc3)c2)C(C(=O)OC(C)C)=C1C. The van der Waals surface area contributed by atoms with Crippen molar-refractivity contribution in [2.75, 3.05) is 11.3 Å². The molecule has 0 saturated heterocycles. The number of aryl methyl sites for hydroxylation is 1. The molecule has 1 aliphatic heterocycles. The van der Waals surface area contributed by atoms with Gasteiger partial charge in [0.05, 0.1) is 22.6 Å². The molecule has 1 heterocycles. The van der Waals surface area contributed by atoms with Gasteiger partial charge in [0, 0.05) is 17.9 Å². The molecule has 0 amide bonds. The molecular weight excluding hydrogens is 458 g/mol. The quantitative estimate of drug-likeness (QED) is 0.445. The van der Waals surface area contributed by atoms with E-state index in [1.165, 1.54) is 0 Å². The maximum atomic E-state index is 13.0. The average Bonchev–Trinajstić information content (AvgIpc) is 2.73. The van der Waals surface area contributed by atoms with Gasteiger partial charge in [-0.1, -0.05) is 29.8 Å². The van der Waals surface area contributed by atoms with E-state index in [0.717, 1.165) is 5.56 Å². The Kier molecular flexibility index (Phi) is 7.44. The molecule has 0 fully saturated rings. The van der Waals surface area contributed by atoms with Crippen molar-refractivity contribution in [3.63, 3.8) is 0 Å². The number of rotatable bonds is 7. The van der Waals surface area contributed by atoms with Crippen molar-refractivity contribution in [2.24, 2.45) is 0 Å². The third kappa shape index (κ3) is 5.54. The van der Waals surface area contributed by atoms with E-state index in [1.54, 1.807) is 56.3 Å². The predicted octanol–water partition coefficient (Wildman–Crippen LogP) is 4.27. The summed E-state index contributed by atoms with van der Waals surface area (Å²) in [6.45, 7) is 9.86. The zero-order valence-corrected chi connectivity index (χ0v) is 21.0. The van der Waals surface area contributed by atoms with Gasteiger partial charge in [-0.05, 0) is 76.7 Å². The summed E-state index contributed by atoms with van der Waals surface area (Å²) in [7, 11) is -3.77. The van der Waals surface area contributed by atoms with Gasteiger partial charge in [0.2, 0.25) is 0 Å². The Morgan fingerprint density at radius 1 is 1.18 bits per heavy atom. The first kappa shape index (κ1) is 24.7. The molecule has 1 aliphatic rings. The van der Waals surface area contributed by atoms with Crippen LogP contribution in [-0.4, -0.2) is 37.0 Å². The molecular formula is C24H29N3O4S2. The molecule has 2 aromatic rings. The Morgan fingerprint density at radius 2 is 1.85 bits per heavy atom. The summed E-state index contributed by atoms with van der Waals surface area (Å²) in [5, 5.41) is 3.71. The van der Waals surface area contributed by atoms with Crippen molar-refractivity contribution in [2.45, 2.75) is 51.7 Å². The van der Waals surface area contributed by atoms with Crippen LogP contribution in [0.4, 0.5) is 5.69 Å². The van der Waals surface area contributed by atoms with Crippen molar-refractivity contribution < 1.29 is 17.9 Å². The maximum absolute atomic E-state index is 13.0. The molecule has 0 radical (unpaired) electrons. The van der Waals surface area contributed by atoms with Crippen LogP contribution in [0.3, 0.4) is 0 Å². The summed E-state index contributed by atoms with van der Waals surface area (Å²) < 4.78 is 33.8. The molecule has 0 spiro atoms. The highest BCUT2D eigenvalue weighted by atomic mass is 32.2. The van der Waals surface area contributed by atoms with Crippen molar-refractivity contribution in [3.05, 3.63) is 70.9 Å². The molecule has 2 N–H and O–H groups in total. The van der Waals surface area contributed by atoms with Crippen LogP contribution in [0.25, 0.3) is 0 Å². The lowest BCUT2D eigenvalue weighted by Crippen LogP contribution is -2.47. The number of sulfonamides is 1. The number of thiocarbonyl (C=S) groups is 1. The van der Waals surface area contributed by atoms with Gasteiger partial charge in [0.15, 0.2) is 5.11 Å². The molecule has 0 aliphatic carbocycles. The summed E-state index contributed by atoms with van der Waals surface area (Å²) in [5.41, 5.74) is 3.19. The molecule has 0 aromatic heterocycles. The predicted molar refractivity (Wildman–Crippen MR) is 133 cm³/mol. The number of anilines is 1. The fourth-order valence-corrected chi connectivity index (χ4v) is 5.10. The number of allylic oxidation sites excluding steroid dienone is 1. The van der Waals surface area contributed by atoms with E-state index in [0.29, 0.717) is 34.2 Å².